The molecule has 0 aromatic heterocycles. The van der Waals surface area contributed by atoms with Crippen molar-refractivity contribution >= 4 is 13.1 Å². The second kappa shape index (κ2) is 3.76. The number of hydrogen-bond donors (Lipinski definition) is 3. The first-order valence-corrected chi connectivity index (χ1v) is 3.94. The molecule has 1 rings (SSSR count). The van der Waals surface area contributed by atoms with Crippen molar-refractivity contribution in [2.75, 3.05) is 0 Å². The first-order chi connectivity index (χ1) is 6.79. The van der Waals surface area contributed by atoms with Crippen molar-refractivity contribution in [3.8, 4) is 17.2 Å². The molecule has 3 N–H and O–H groups in total. The van der Waals surface area contributed by atoms with Crippen LogP contribution < -0.4 is 0 Å². The zero-order chi connectivity index (χ0) is 11.6. The fourth-order valence-corrected chi connectivity index (χ4v) is 0.928. The smallest absolute Gasteiger partial charge is 0.502 e. The van der Waals surface area contributed by atoms with Crippen LogP contribution >= 0.6 is 0 Å². The largest absolute Gasteiger partial charge is 0.507 e. The molecule has 0 radical (unpaired) electrons. The van der Waals surface area contributed by atoms with Crippen molar-refractivity contribution in [3.63, 3.8) is 0 Å². The second-order valence-electron chi connectivity index (χ2n) is 2.88. The quantitative estimate of drug-likeness (QED) is 0.406. The molecular formula is C8H7BF3O3-. The molecule has 0 saturated carbocycles. The summed E-state index contributed by atoms with van der Waals surface area (Å²) in [6, 6.07) is 1.60. The van der Waals surface area contributed by atoms with Crippen molar-refractivity contribution < 1.29 is 28.3 Å². The Morgan fingerprint density at radius 2 is 1.47 bits per heavy atom. The SMILES string of the molecule is Oc1cc(O)c(/C=C/[B-](F)(F)F)cc1O. The zero-order valence-corrected chi connectivity index (χ0v) is 7.36. The van der Waals surface area contributed by atoms with Crippen molar-refractivity contribution in [2.45, 2.75) is 0 Å². The van der Waals surface area contributed by atoms with Crippen LogP contribution in [0.5, 0.6) is 17.2 Å². The predicted molar refractivity (Wildman–Crippen MR) is 49.5 cm³/mol. The van der Waals surface area contributed by atoms with Crippen LogP contribution in [0, 0.1) is 0 Å². The molecule has 0 aliphatic rings. The van der Waals surface area contributed by atoms with E-state index in [2.05, 4.69) is 0 Å². The molecule has 0 saturated heterocycles. The molecule has 3 nitrogen and oxygen atoms in total. The monoisotopic (exact) mass is 219 g/mol. The first kappa shape index (κ1) is 11.3. The van der Waals surface area contributed by atoms with Gasteiger partial charge in [0.1, 0.15) is 5.75 Å². The van der Waals surface area contributed by atoms with Crippen LogP contribution in [0.25, 0.3) is 6.08 Å². The van der Waals surface area contributed by atoms with E-state index in [4.69, 9.17) is 15.3 Å². The molecular weight excluding hydrogens is 212 g/mol. The van der Waals surface area contributed by atoms with Crippen LogP contribution in [0.2, 0.25) is 0 Å². The Labute approximate surface area is 83.2 Å². The van der Waals surface area contributed by atoms with Crippen LogP contribution in [0.3, 0.4) is 0 Å². The molecule has 1 aromatic carbocycles. The fourth-order valence-electron chi connectivity index (χ4n) is 0.928. The molecule has 1 aromatic rings. The summed E-state index contributed by atoms with van der Waals surface area (Å²) in [6.07, 6.45) is 0.620. The average molecular weight is 219 g/mol. The number of benzene rings is 1. The molecule has 0 spiro atoms. The van der Waals surface area contributed by atoms with Gasteiger partial charge in [0.15, 0.2) is 11.5 Å². The summed E-state index contributed by atoms with van der Waals surface area (Å²) in [4.78, 5) is 0. The Kier molecular flexibility index (Phi) is 2.83. The van der Waals surface area contributed by atoms with Crippen molar-refractivity contribution in [1.29, 1.82) is 0 Å². The van der Waals surface area contributed by atoms with Gasteiger partial charge in [-0.2, -0.15) is 0 Å². The highest BCUT2D eigenvalue weighted by Gasteiger charge is 2.17. The molecule has 0 aliphatic heterocycles. The highest BCUT2D eigenvalue weighted by atomic mass is 19.4. The van der Waals surface area contributed by atoms with Crippen LogP contribution in [-0.4, -0.2) is 22.3 Å². The minimum atomic E-state index is -5.10. The fraction of sp³-hybridized carbons (Fsp3) is 0. The Morgan fingerprint density at radius 1 is 0.933 bits per heavy atom. The summed E-state index contributed by atoms with van der Waals surface area (Å²) in [5.74, 6) is -1.75. The third-order valence-electron chi connectivity index (χ3n) is 1.62. The van der Waals surface area contributed by atoms with Crippen LogP contribution in [-0.2, 0) is 0 Å². The Hall–Kier alpha value is -1.79. The van der Waals surface area contributed by atoms with E-state index in [9.17, 15) is 12.9 Å². The van der Waals surface area contributed by atoms with Crippen LogP contribution in [0.15, 0.2) is 18.1 Å². The van der Waals surface area contributed by atoms with Gasteiger partial charge in [0.2, 0.25) is 0 Å². The Bertz CT molecular complexity index is 401. The van der Waals surface area contributed by atoms with Gasteiger partial charge in [0, 0.05) is 11.6 Å². The lowest BCUT2D eigenvalue weighted by Gasteiger charge is -2.07. The van der Waals surface area contributed by atoms with Gasteiger partial charge in [-0.05, 0) is 6.07 Å². The molecule has 0 aliphatic carbocycles. The van der Waals surface area contributed by atoms with Gasteiger partial charge in [-0.15, -0.1) is 5.98 Å². The molecule has 0 heterocycles. The van der Waals surface area contributed by atoms with E-state index in [-0.39, 0.29) is 11.5 Å². The summed E-state index contributed by atoms with van der Waals surface area (Å²) in [7, 11) is 0. The van der Waals surface area contributed by atoms with Gasteiger partial charge in [0.05, 0.1) is 0 Å². The summed E-state index contributed by atoms with van der Waals surface area (Å²) < 4.78 is 35.5. The lowest BCUT2D eigenvalue weighted by atomic mass is 9.90. The van der Waals surface area contributed by atoms with Gasteiger partial charge in [-0.3, -0.25) is 0 Å². The topological polar surface area (TPSA) is 60.7 Å². The van der Waals surface area contributed by atoms with Gasteiger partial charge in [0.25, 0.3) is 0 Å². The predicted octanol–water partition coefficient (Wildman–Crippen LogP) is 2.20. The minimum Gasteiger partial charge on any atom is -0.507 e. The van der Waals surface area contributed by atoms with E-state index in [0.717, 1.165) is 12.1 Å². The second-order valence-corrected chi connectivity index (χ2v) is 2.88. The maximum Gasteiger partial charge on any atom is 0.502 e. The number of rotatable bonds is 2. The molecule has 15 heavy (non-hydrogen) atoms. The molecule has 0 fully saturated rings. The van der Waals surface area contributed by atoms with Gasteiger partial charge in [-0.1, -0.05) is 6.08 Å². The van der Waals surface area contributed by atoms with E-state index < -0.39 is 24.2 Å². The first-order valence-electron chi connectivity index (χ1n) is 3.94. The van der Waals surface area contributed by atoms with Crippen LogP contribution in [0.4, 0.5) is 12.9 Å². The number of phenols is 3. The average Bonchev–Trinajstić information content (AvgIpc) is 2.07. The van der Waals surface area contributed by atoms with Crippen molar-refractivity contribution in [1.82, 2.24) is 0 Å². The Balaban J connectivity index is 3.06. The highest BCUT2D eigenvalue weighted by Crippen LogP contribution is 2.33. The van der Waals surface area contributed by atoms with Crippen LogP contribution in [0.1, 0.15) is 5.56 Å². The van der Waals surface area contributed by atoms with Gasteiger partial charge < -0.3 is 28.3 Å². The third-order valence-corrected chi connectivity index (χ3v) is 1.62. The molecule has 7 heteroatoms. The number of halogens is 3. The molecule has 0 amide bonds. The summed E-state index contributed by atoms with van der Waals surface area (Å²) in [5.41, 5.74) is -0.218. The van der Waals surface area contributed by atoms with Crippen molar-refractivity contribution in [3.05, 3.63) is 23.7 Å². The zero-order valence-electron chi connectivity index (χ0n) is 7.36. The molecule has 0 atom stereocenters. The normalized spacial score (nSPS) is 12.2. The van der Waals surface area contributed by atoms with Gasteiger partial charge >= 0.3 is 6.98 Å². The lowest BCUT2D eigenvalue weighted by Crippen LogP contribution is -2.09. The molecule has 82 valence electrons. The van der Waals surface area contributed by atoms with E-state index >= 15 is 0 Å². The van der Waals surface area contributed by atoms with E-state index in [1.165, 1.54) is 0 Å². The van der Waals surface area contributed by atoms with Gasteiger partial charge in [-0.25, -0.2) is 0 Å². The van der Waals surface area contributed by atoms with Crippen molar-refractivity contribution in [2.24, 2.45) is 0 Å². The minimum absolute atomic E-state index is 0.0223. The molecule has 0 bridgehead atoms. The standard InChI is InChI=1S/C8H7BF3O3/c10-9(11,12)2-1-5-3-7(14)8(15)4-6(5)13/h1-4,13-15H/q-1/b2-1+. The molecule has 0 unspecified atom stereocenters. The summed E-state index contributed by atoms with van der Waals surface area (Å²) in [5, 5.41) is 27.0. The number of hydrogen-bond acceptors (Lipinski definition) is 3. The maximum absolute atomic E-state index is 11.8. The number of phenolic OH excluding ortho intramolecular Hbond substituents is 3. The maximum atomic E-state index is 11.8. The van der Waals surface area contributed by atoms with E-state index in [1.807, 2.05) is 0 Å². The van der Waals surface area contributed by atoms with E-state index in [0.29, 0.717) is 6.08 Å². The third kappa shape index (κ3) is 3.12. The summed E-state index contributed by atoms with van der Waals surface area (Å²) in [6.45, 7) is -5.10. The Morgan fingerprint density at radius 3 is 2.00 bits per heavy atom. The summed E-state index contributed by atoms with van der Waals surface area (Å²) >= 11 is 0. The number of aromatic hydroxyl groups is 3. The van der Waals surface area contributed by atoms with E-state index in [1.54, 1.807) is 0 Å². The lowest BCUT2D eigenvalue weighted by molar-refractivity contribution is 0.396. The highest BCUT2D eigenvalue weighted by molar-refractivity contribution is 6.64.